The normalized spacial score (nSPS) is 15.7. The maximum atomic E-state index is 9.42. The van der Waals surface area contributed by atoms with Gasteiger partial charge in [-0.25, -0.2) is 0 Å². The Labute approximate surface area is 71.1 Å². The SMILES string of the molecule is C=CCSP(O)(=S)CC=C. The minimum Gasteiger partial charge on any atom is -0.357 e. The lowest BCUT2D eigenvalue weighted by atomic mass is 10.8. The second kappa shape index (κ2) is 5.14. The van der Waals surface area contributed by atoms with Gasteiger partial charge >= 0.3 is 0 Å². The van der Waals surface area contributed by atoms with Crippen LogP contribution in [0.25, 0.3) is 0 Å². The fourth-order valence-corrected chi connectivity index (χ4v) is 3.67. The van der Waals surface area contributed by atoms with E-state index in [1.807, 2.05) is 0 Å². The van der Waals surface area contributed by atoms with Gasteiger partial charge in [0, 0.05) is 11.9 Å². The molecule has 1 atom stereocenters. The predicted molar refractivity (Wildman–Crippen MR) is 54.2 cm³/mol. The molecule has 0 fully saturated rings. The van der Waals surface area contributed by atoms with Crippen molar-refractivity contribution < 1.29 is 4.89 Å². The van der Waals surface area contributed by atoms with Crippen LogP contribution in [-0.4, -0.2) is 16.8 Å². The molecule has 10 heavy (non-hydrogen) atoms. The molecule has 0 aromatic rings. The lowest BCUT2D eigenvalue weighted by molar-refractivity contribution is 0.641. The summed E-state index contributed by atoms with van der Waals surface area (Å²) in [6.45, 7) is 7.05. The Kier molecular flexibility index (Phi) is 5.36. The summed E-state index contributed by atoms with van der Waals surface area (Å²) in [5.41, 5.74) is -2.15. The Hall–Kier alpha value is 0.440. The number of allylic oxidation sites excluding steroid dienone is 1. The Balaban J connectivity index is 3.74. The van der Waals surface area contributed by atoms with Gasteiger partial charge in [0.1, 0.15) is 5.47 Å². The highest BCUT2D eigenvalue weighted by Gasteiger charge is 2.08. The molecule has 1 nitrogen and oxygen atoms in total. The summed E-state index contributed by atoms with van der Waals surface area (Å²) < 4.78 is 0. The monoisotopic (exact) mass is 194 g/mol. The van der Waals surface area contributed by atoms with Crippen molar-refractivity contribution in [2.24, 2.45) is 0 Å². The van der Waals surface area contributed by atoms with Crippen molar-refractivity contribution in [2.75, 3.05) is 11.9 Å². The molecule has 0 spiro atoms. The fourth-order valence-electron chi connectivity index (χ4n) is 0.385. The van der Waals surface area contributed by atoms with Crippen LogP contribution in [0.3, 0.4) is 0 Å². The fraction of sp³-hybridized carbons (Fsp3) is 0.333. The molecule has 58 valence electrons. The predicted octanol–water partition coefficient (Wildman–Crippen LogP) is 2.39. The Morgan fingerprint density at radius 2 is 2.10 bits per heavy atom. The van der Waals surface area contributed by atoms with E-state index in [1.54, 1.807) is 12.2 Å². The average molecular weight is 194 g/mol. The van der Waals surface area contributed by atoms with Crippen LogP contribution >= 0.6 is 16.8 Å². The molecule has 0 aliphatic heterocycles. The van der Waals surface area contributed by atoms with Gasteiger partial charge in [-0.15, -0.1) is 13.2 Å². The van der Waals surface area contributed by atoms with Gasteiger partial charge in [0.25, 0.3) is 0 Å². The first kappa shape index (κ1) is 10.4. The largest absolute Gasteiger partial charge is 0.357 e. The first-order valence-electron chi connectivity index (χ1n) is 2.80. The molecule has 0 aromatic heterocycles. The van der Waals surface area contributed by atoms with Crippen molar-refractivity contribution in [3.05, 3.63) is 25.3 Å². The summed E-state index contributed by atoms with van der Waals surface area (Å²) in [5, 5.41) is 0. The molecule has 0 saturated carbocycles. The maximum Gasteiger partial charge on any atom is 0.120 e. The molecule has 0 aliphatic carbocycles. The summed E-state index contributed by atoms with van der Waals surface area (Å²) in [7, 11) is 0. The van der Waals surface area contributed by atoms with Crippen LogP contribution < -0.4 is 0 Å². The van der Waals surface area contributed by atoms with Gasteiger partial charge in [0.05, 0.1) is 0 Å². The van der Waals surface area contributed by atoms with Crippen LogP contribution in [-0.2, 0) is 11.8 Å². The van der Waals surface area contributed by atoms with Gasteiger partial charge in [-0.3, -0.25) is 0 Å². The highest BCUT2D eigenvalue weighted by molar-refractivity contribution is 8.69. The first-order valence-corrected chi connectivity index (χ1v) is 7.33. The quantitative estimate of drug-likeness (QED) is 0.536. The summed E-state index contributed by atoms with van der Waals surface area (Å²) in [5.74, 6) is 0.724. The van der Waals surface area contributed by atoms with E-state index in [-0.39, 0.29) is 0 Å². The molecule has 0 saturated heterocycles. The van der Waals surface area contributed by atoms with Crippen molar-refractivity contribution >= 4 is 28.7 Å². The molecule has 1 unspecified atom stereocenters. The summed E-state index contributed by atoms with van der Waals surface area (Å²) >= 11 is 6.31. The van der Waals surface area contributed by atoms with E-state index in [2.05, 4.69) is 13.2 Å². The number of hydrogen-bond donors (Lipinski definition) is 1. The molecule has 1 N–H and O–H groups in total. The molecule has 0 bridgehead atoms. The topological polar surface area (TPSA) is 20.2 Å². The van der Waals surface area contributed by atoms with E-state index < -0.39 is 5.47 Å². The van der Waals surface area contributed by atoms with E-state index in [9.17, 15) is 4.89 Å². The van der Waals surface area contributed by atoms with Crippen LogP contribution in [0.4, 0.5) is 0 Å². The van der Waals surface area contributed by atoms with E-state index in [0.717, 1.165) is 5.75 Å². The van der Waals surface area contributed by atoms with Crippen LogP contribution in [0.5, 0.6) is 0 Å². The van der Waals surface area contributed by atoms with Gasteiger partial charge in [-0.1, -0.05) is 35.3 Å². The molecule has 0 amide bonds. The van der Waals surface area contributed by atoms with Crippen LogP contribution in [0.2, 0.25) is 0 Å². The maximum absolute atomic E-state index is 9.42. The summed E-state index contributed by atoms with van der Waals surface area (Å²) in [6, 6.07) is 0. The third-order valence-corrected chi connectivity index (χ3v) is 5.76. The molecule has 0 aliphatic rings. The highest BCUT2D eigenvalue weighted by Crippen LogP contribution is 2.54. The van der Waals surface area contributed by atoms with E-state index >= 15 is 0 Å². The van der Waals surface area contributed by atoms with Gasteiger partial charge in [-0.05, 0) is 0 Å². The zero-order valence-electron chi connectivity index (χ0n) is 5.69. The second-order valence-corrected chi connectivity index (χ2v) is 9.02. The van der Waals surface area contributed by atoms with Crippen molar-refractivity contribution in [3.8, 4) is 0 Å². The van der Waals surface area contributed by atoms with E-state index in [0.29, 0.717) is 6.16 Å². The standard InChI is InChI=1S/C6H11OPS2/c1-3-5-8(7,9)10-6-4-2/h3-4H,1-2,5-6H2,(H,7,9). The Morgan fingerprint density at radius 3 is 2.50 bits per heavy atom. The van der Waals surface area contributed by atoms with Gasteiger partial charge in [0.15, 0.2) is 0 Å². The summed E-state index contributed by atoms with van der Waals surface area (Å²) in [4.78, 5) is 9.42. The molecular weight excluding hydrogens is 183 g/mol. The van der Waals surface area contributed by atoms with Crippen LogP contribution in [0.15, 0.2) is 25.3 Å². The average Bonchev–Trinajstić information content (AvgIpc) is 1.84. The molecular formula is C6H11OPS2. The van der Waals surface area contributed by atoms with Crippen molar-refractivity contribution in [1.29, 1.82) is 0 Å². The lowest BCUT2D eigenvalue weighted by Gasteiger charge is -2.09. The van der Waals surface area contributed by atoms with Crippen molar-refractivity contribution in [3.63, 3.8) is 0 Å². The minimum absolute atomic E-state index is 0.543. The molecule has 4 heteroatoms. The molecule has 0 radical (unpaired) electrons. The number of hydrogen-bond acceptors (Lipinski definition) is 2. The third kappa shape index (κ3) is 5.24. The zero-order chi connectivity index (χ0) is 8.04. The van der Waals surface area contributed by atoms with Crippen LogP contribution in [0.1, 0.15) is 0 Å². The Morgan fingerprint density at radius 1 is 1.50 bits per heavy atom. The van der Waals surface area contributed by atoms with Gasteiger partial charge < -0.3 is 4.89 Å². The number of rotatable bonds is 5. The van der Waals surface area contributed by atoms with Gasteiger partial charge in [-0.2, -0.15) is 0 Å². The Bertz CT molecular complexity index is 167. The van der Waals surface area contributed by atoms with Gasteiger partial charge in [0.2, 0.25) is 0 Å². The minimum atomic E-state index is -2.15. The third-order valence-electron chi connectivity index (χ3n) is 0.754. The highest BCUT2D eigenvalue weighted by atomic mass is 32.9. The van der Waals surface area contributed by atoms with Crippen molar-refractivity contribution in [1.82, 2.24) is 0 Å². The molecule has 0 heterocycles. The lowest BCUT2D eigenvalue weighted by Crippen LogP contribution is -1.79. The van der Waals surface area contributed by atoms with Crippen LogP contribution in [0, 0.1) is 0 Å². The molecule has 0 rings (SSSR count). The summed E-state index contributed by atoms with van der Waals surface area (Å²) in [6.07, 6.45) is 3.95. The second-order valence-electron chi connectivity index (χ2n) is 1.69. The first-order chi connectivity index (χ1) is 4.62. The molecule has 0 aromatic carbocycles. The smallest absolute Gasteiger partial charge is 0.120 e. The zero-order valence-corrected chi connectivity index (χ0v) is 8.22. The van der Waals surface area contributed by atoms with E-state index in [1.165, 1.54) is 11.4 Å². The van der Waals surface area contributed by atoms with E-state index in [4.69, 9.17) is 11.8 Å². The van der Waals surface area contributed by atoms with Crippen molar-refractivity contribution in [2.45, 2.75) is 0 Å².